The molecule has 0 aliphatic carbocycles. The summed E-state index contributed by atoms with van der Waals surface area (Å²) in [5.74, 6) is 0.0204. The van der Waals surface area contributed by atoms with Crippen molar-refractivity contribution in [3.8, 4) is 11.5 Å². The Balaban J connectivity index is 1.41. The molecule has 0 spiro atoms. The molecule has 0 saturated carbocycles. The van der Waals surface area contributed by atoms with Crippen molar-refractivity contribution < 1.29 is 23.9 Å². The van der Waals surface area contributed by atoms with Gasteiger partial charge in [-0.25, -0.2) is 0 Å². The molecule has 1 heterocycles. The third-order valence-corrected chi connectivity index (χ3v) is 7.24. The fraction of sp³-hybridized carbons (Fsp3) is 0.115. The van der Waals surface area contributed by atoms with Gasteiger partial charge in [0.15, 0.2) is 18.1 Å². The lowest BCUT2D eigenvalue weighted by Gasteiger charge is -2.12. The number of imide groups is 1. The Morgan fingerprint density at radius 1 is 1.08 bits per heavy atom. The van der Waals surface area contributed by atoms with Crippen molar-refractivity contribution in [2.45, 2.75) is 6.54 Å². The quantitative estimate of drug-likeness (QED) is 0.309. The van der Waals surface area contributed by atoms with E-state index < -0.39 is 0 Å². The summed E-state index contributed by atoms with van der Waals surface area (Å²) in [5, 5.41) is 2.87. The number of carbonyl (C=O) groups excluding carboxylic acids is 3. The van der Waals surface area contributed by atoms with Crippen LogP contribution in [0, 0.1) is 0 Å². The minimum absolute atomic E-state index is 0.216. The smallest absolute Gasteiger partial charge is 0.293 e. The van der Waals surface area contributed by atoms with Crippen LogP contribution in [0.2, 0.25) is 5.02 Å². The van der Waals surface area contributed by atoms with Crippen LogP contribution in [0.5, 0.6) is 11.5 Å². The molecule has 3 aromatic rings. The highest BCUT2D eigenvalue weighted by Gasteiger charge is 2.35. The summed E-state index contributed by atoms with van der Waals surface area (Å²) in [4.78, 5) is 39.1. The number of rotatable bonds is 8. The lowest BCUT2D eigenvalue weighted by atomic mass is 10.1. The minimum atomic E-state index is -0.369. The Morgan fingerprint density at radius 2 is 1.86 bits per heavy atom. The van der Waals surface area contributed by atoms with Crippen LogP contribution < -0.4 is 14.8 Å². The van der Waals surface area contributed by atoms with Crippen LogP contribution >= 0.6 is 39.3 Å². The SMILES string of the molecule is COc1cc(/C=C2/SC(=O)N(Cc3ccccc3)C2=O)ccc1OCC(=O)Nc1ccc(Br)c(Cl)c1. The van der Waals surface area contributed by atoms with Crippen LogP contribution in [-0.2, 0) is 16.1 Å². The van der Waals surface area contributed by atoms with E-state index in [1.54, 1.807) is 42.5 Å². The van der Waals surface area contributed by atoms with E-state index in [1.165, 1.54) is 12.0 Å². The van der Waals surface area contributed by atoms with Crippen LogP contribution in [0.3, 0.4) is 0 Å². The van der Waals surface area contributed by atoms with Crippen molar-refractivity contribution in [2.24, 2.45) is 0 Å². The number of nitrogens with one attached hydrogen (secondary N) is 1. The molecule has 0 atom stereocenters. The topological polar surface area (TPSA) is 84.9 Å². The van der Waals surface area contributed by atoms with Gasteiger partial charge in [-0.05, 0) is 75.2 Å². The van der Waals surface area contributed by atoms with E-state index in [-0.39, 0.29) is 30.2 Å². The van der Waals surface area contributed by atoms with Crippen molar-refractivity contribution in [2.75, 3.05) is 19.0 Å². The van der Waals surface area contributed by atoms with Gasteiger partial charge in [0.2, 0.25) is 0 Å². The molecule has 1 aliphatic heterocycles. The summed E-state index contributed by atoms with van der Waals surface area (Å²) in [6, 6.07) is 19.4. The number of ether oxygens (including phenoxy) is 2. The van der Waals surface area contributed by atoms with Crippen molar-refractivity contribution in [1.29, 1.82) is 0 Å². The number of thioether (sulfide) groups is 1. The molecule has 1 fully saturated rings. The Hall–Kier alpha value is -3.27. The molecular formula is C26H20BrClN2O5S. The molecule has 0 aromatic heterocycles. The Bertz CT molecular complexity index is 1350. The van der Waals surface area contributed by atoms with Gasteiger partial charge in [-0.3, -0.25) is 19.3 Å². The largest absolute Gasteiger partial charge is 0.493 e. The predicted octanol–water partition coefficient (Wildman–Crippen LogP) is 6.37. The number of anilines is 1. The second-order valence-electron chi connectivity index (χ2n) is 7.63. The Kier molecular flexibility index (Phi) is 8.35. The molecule has 10 heteroatoms. The van der Waals surface area contributed by atoms with E-state index in [4.69, 9.17) is 21.1 Å². The zero-order valence-corrected chi connectivity index (χ0v) is 22.2. The normalized spacial score (nSPS) is 14.3. The standard InChI is InChI=1S/C26H20BrClN2O5S/c1-34-22-11-17(12-23-25(32)30(26(33)36-23)14-16-5-3-2-4-6-16)7-10-21(22)35-15-24(31)29-18-8-9-19(27)20(28)13-18/h2-13H,14-15H2,1H3,(H,29,31)/b23-12+. The maximum absolute atomic E-state index is 12.8. The summed E-state index contributed by atoms with van der Waals surface area (Å²) >= 11 is 10.2. The average Bonchev–Trinajstić information content (AvgIpc) is 3.13. The van der Waals surface area contributed by atoms with Crippen LogP contribution in [0.1, 0.15) is 11.1 Å². The van der Waals surface area contributed by atoms with Gasteiger partial charge in [-0.1, -0.05) is 48.0 Å². The molecular weight excluding hydrogens is 568 g/mol. The van der Waals surface area contributed by atoms with Crippen LogP contribution in [0.25, 0.3) is 6.08 Å². The van der Waals surface area contributed by atoms with E-state index >= 15 is 0 Å². The number of benzene rings is 3. The zero-order chi connectivity index (χ0) is 25.7. The number of methoxy groups -OCH3 is 1. The van der Waals surface area contributed by atoms with Crippen molar-refractivity contribution in [3.63, 3.8) is 0 Å². The second-order valence-corrected chi connectivity index (χ2v) is 9.88. The number of hydrogen-bond acceptors (Lipinski definition) is 6. The van der Waals surface area contributed by atoms with E-state index in [1.807, 2.05) is 30.3 Å². The first-order chi connectivity index (χ1) is 17.3. The number of carbonyl (C=O) groups is 3. The van der Waals surface area contributed by atoms with E-state index in [0.29, 0.717) is 32.7 Å². The third kappa shape index (κ3) is 6.29. The molecule has 1 N–H and O–H groups in total. The fourth-order valence-corrected chi connectivity index (χ4v) is 4.63. The number of hydrogen-bond donors (Lipinski definition) is 1. The van der Waals surface area contributed by atoms with Crippen molar-refractivity contribution in [3.05, 3.63) is 92.3 Å². The molecule has 3 aromatic carbocycles. The summed E-state index contributed by atoms with van der Waals surface area (Å²) in [6.07, 6.45) is 1.63. The summed E-state index contributed by atoms with van der Waals surface area (Å²) in [5.41, 5.74) is 2.06. The average molecular weight is 588 g/mol. The molecule has 0 radical (unpaired) electrons. The molecule has 36 heavy (non-hydrogen) atoms. The number of amides is 3. The molecule has 1 saturated heterocycles. The first-order valence-corrected chi connectivity index (χ1v) is 12.7. The maximum Gasteiger partial charge on any atom is 0.293 e. The van der Waals surface area contributed by atoms with Crippen LogP contribution in [0.4, 0.5) is 10.5 Å². The molecule has 7 nitrogen and oxygen atoms in total. The van der Waals surface area contributed by atoms with E-state index in [0.717, 1.165) is 21.8 Å². The van der Waals surface area contributed by atoms with Gasteiger partial charge < -0.3 is 14.8 Å². The van der Waals surface area contributed by atoms with Gasteiger partial charge >= 0.3 is 0 Å². The van der Waals surface area contributed by atoms with Crippen molar-refractivity contribution in [1.82, 2.24) is 4.90 Å². The second kappa shape index (κ2) is 11.6. The molecule has 184 valence electrons. The van der Waals surface area contributed by atoms with Gasteiger partial charge in [0.25, 0.3) is 17.1 Å². The first kappa shape index (κ1) is 25.8. The lowest BCUT2D eigenvalue weighted by Crippen LogP contribution is -2.27. The summed E-state index contributed by atoms with van der Waals surface area (Å²) in [6.45, 7) is -0.0325. The van der Waals surface area contributed by atoms with Gasteiger partial charge in [0, 0.05) is 10.2 Å². The van der Waals surface area contributed by atoms with E-state index in [9.17, 15) is 14.4 Å². The maximum atomic E-state index is 12.8. The fourth-order valence-electron chi connectivity index (χ4n) is 3.36. The van der Waals surface area contributed by atoms with Crippen molar-refractivity contribution >= 4 is 68.1 Å². The lowest BCUT2D eigenvalue weighted by molar-refractivity contribution is -0.123. The predicted molar refractivity (Wildman–Crippen MR) is 144 cm³/mol. The first-order valence-electron chi connectivity index (χ1n) is 10.7. The molecule has 0 unspecified atom stereocenters. The summed E-state index contributed by atoms with van der Waals surface area (Å²) < 4.78 is 11.8. The highest BCUT2D eigenvalue weighted by Crippen LogP contribution is 2.35. The Morgan fingerprint density at radius 3 is 2.58 bits per heavy atom. The highest BCUT2D eigenvalue weighted by molar-refractivity contribution is 9.10. The van der Waals surface area contributed by atoms with Crippen LogP contribution in [-0.4, -0.2) is 35.7 Å². The Labute approximate surface area is 225 Å². The van der Waals surface area contributed by atoms with E-state index in [2.05, 4.69) is 21.2 Å². The third-order valence-electron chi connectivity index (χ3n) is 5.10. The number of halogens is 2. The van der Waals surface area contributed by atoms with Crippen LogP contribution in [0.15, 0.2) is 76.1 Å². The van der Waals surface area contributed by atoms with Gasteiger partial charge in [0.1, 0.15) is 0 Å². The summed E-state index contributed by atoms with van der Waals surface area (Å²) in [7, 11) is 1.48. The zero-order valence-electron chi connectivity index (χ0n) is 19.0. The highest BCUT2D eigenvalue weighted by atomic mass is 79.9. The monoisotopic (exact) mass is 586 g/mol. The van der Waals surface area contributed by atoms with Gasteiger partial charge in [-0.2, -0.15) is 0 Å². The van der Waals surface area contributed by atoms with Gasteiger partial charge in [-0.15, -0.1) is 0 Å². The number of nitrogens with zero attached hydrogens (tertiary/aromatic N) is 1. The van der Waals surface area contributed by atoms with Gasteiger partial charge in [0.05, 0.1) is 23.6 Å². The molecule has 0 bridgehead atoms. The molecule has 4 rings (SSSR count). The minimum Gasteiger partial charge on any atom is -0.493 e. The molecule has 1 aliphatic rings. The molecule has 3 amide bonds.